The van der Waals surface area contributed by atoms with Gasteiger partial charge in [-0.2, -0.15) is 0 Å². The highest BCUT2D eigenvalue weighted by molar-refractivity contribution is 7.09. The second-order valence-corrected chi connectivity index (χ2v) is 5.04. The van der Waals surface area contributed by atoms with Gasteiger partial charge in [-0.05, 0) is 13.0 Å². The average molecular weight is 230 g/mol. The fourth-order valence-electron chi connectivity index (χ4n) is 1.45. The second-order valence-electron chi connectivity index (χ2n) is 3.97. The Morgan fingerprint density at radius 3 is 2.73 bits per heavy atom. The molecule has 1 aromatic rings. The first-order chi connectivity index (χ1) is 7.04. The number of likely N-dealkylation sites (N-methyl/N-ethyl adjacent to an activating group) is 1. The SMILES string of the molecule is CC(C)c1[nH]c(=O)sc1CN(C)CCO. The topological polar surface area (TPSA) is 56.3 Å². The Morgan fingerprint density at radius 2 is 2.20 bits per heavy atom. The van der Waals surface area contributed by atoms with Crippen molar-refractivity contribution in [3.8, 4) is 0 Å². The van der Waals surface area contributed by atoms with Gasteiger partial charge in [-0.1, -0.05) is 25.2 Å². The predicted octanol–water partition coefficient (Wildman–Crippen LogP) is 0.984. The summed E-state index contributed by atoms with van der Waals surface area (Å²) in [5.41, 5.74) is 1.02. The Balaban J connectivity index is 2.79. The molecule has 0 aliphatic rings. The molecule has 0 saturated heterocycles. The summed E-state index contributed by atoms with van der Waals surface area (Å²) in [5.74, 6) is 0.335. The molecule has 2 N–H and O–H groups in total. The largest absolute Gasteiger partial charge is 0.395 e. The number of hydrogen-bond acceptors (Lipinski definition) is 4. The van der Waals surface area contributed by atoms with Crippen LogP contribution in [0.2, 0.25) is 0 Å². The first kappa shape index (κ1) is 12.4. The van der Waals surface area contributed by atoms with Crippen molar-refractivity contribution in [2.24, 2.45) is 0 Å². The van der Waals surface area contributed by atoms with Crippen molar-refractivity contribution < 1.29 is 5.11 Å². The lowest BCUT2D eigenvalue weighted by molar-refractivity contribution is 0.218. The van der Waals surface area contributed by atoms with Crippen molar-refractivity contribution in [3.05, 3.63) is 20.2 Å². The molecular weight excluding hydrogens is 212 g/mol. The molecule has 4 nitrogen and oxygen atoms in total. The van der Waals surface area contributed by atoms with Crippen LogP contribution < -0.4 is 4.87 Å². The van der Waals surface area contributed by atoms with Gasteiger partial charge in [0.1, 0.15) is 0 Å². The molecule has 15 heavy (non-hydrogen) atoms. The average Bonchev–Trinajstić information content (AvgIpc) is 2.47. The summed E-state index contributed by atoms with van der Waals surface area (Å²) in [5, 5.41) is 8.79. The van der Waals surface area contributed by atoms with Crippen LogP contribution in [0.25, 0.3) is 0 Å². The van der Waals surface area contributed by atoms with E-state index in [4.69, 9.17) is 5.11 Å². The van der Waals surface area contributed by atoms with Crippen LogP contribution in [-0.4, -0.2) is 35.2 Å². The molecule has 0 saturated carbocycles. The van der Waals surface area contributed by atoms with Gasteiger partial charge in [0.15, 0.2) is 0 Å². The van der Waals surface area contributed by atoms with Gasteiger partial charge in [0, 0.05) is 23.7 Å². The lowest BCUT2D eigenvalue weighted by atomic mass is 10.1. The van der Waals surface area contributed by atoms with Crippen molar-refractivity contribution in [2.75, 3.05) is 20.2 Å². The summed E-state index contributed by atoms with van der Waals surface area (Å²) >= 11 is 1.26. The van der Waals surface area contributed by atoms with Crippen molar-refractivity contribution in [3.63, 3.8) is 0 Å². The molecule has 0 fully saturated rings. The summed E-state index contributed by atoms with van der Waals surface area (Å²) in [7, 11) is 1.94. The van der Waals surface area contributed by atoms with E-state index in [9.17, 15) is 4.79 Å². The number of aliphatic hydroxyl groups is 1. The third-order valence-electron chi connectivity index (χ3n) is 2.23. The molecular formula is C10H18N2O2S. The smallest absolute Gasteiger partial charge is 0.304 e. The molecule has 86 valence electrons. The van der Waals surface area contributed by atoms with Gasteiger partial charge in [0.25, 0.3) is 0 Å². The quantitative estimate of drug-likeness (QED) is 0.793. The minimum absolute atomic E-state index is 0.00565. The maximum absolute atomic E-state index is 11.2. The van der Waals surface area contributed by atoms with E-state index in [1.54, 1.807) is 0 Å². The van der Waals surface area contributed by atoms with Crippen LogP contribution in [0.4, 0.5) is 0 Å². The number of H-pyrrole nitrogens is 1. The van der Waals surface area contributed by atoms with E-state index in [1.807, 2.05) is 11.9 Å². The van der Waals surface area contributed by atoms with Crippen molar-refractivity contribution in [1.29, 1.82) is 0 Å². The van der Waals surface area contributed by atoms with Crippen LogP contribution in [0.1, 0.15) is 30.3 Å². The van der Waals surface area contributed by atoms with E-state index in [0.717, 1.165) is 17.1 Å². The molecule has 5 heteroatoms. The lowest BCUT2D eigenvalue weighted by Gasteiger charge is -2.15. The molecule has 0 aliphatic carbocycles. The number of thiazole rings is 1. The Bertz CT molecular complexity index is 357. The number of rotatable bonds is 5. The third kappa shape index (κ3) is 3.44. The van der Waals surface area contributed by atoms with Crippen LogP contribution in [0.15, 0.2) is 4.79 Å². The molecule has 1 rings (SSSR count). The van der Waals surface area contributed by atoms with Gasteiger partial charge in [-0.3, -0.25) is 9.69 Å². The number of aromatic amines is 1. The fourth-order valence-corrected chi connectivity index (χ4v) is 2.52. The Hall–Kier alpha value is -0.650. The first-order valence-electron chi connectivity index (χ1n) is 5.06. The summed E-state index contributed by atoms with van der Waals surface area (Å²) in [6.45, 7) is 5.62. The van der Waals surface area contributed by atoms with Gasteiger partial charge in [-0.25, -0.2) is 0 Å². The third-order valence-corrected chi connectivity index (χ3v) is 3.11. The Morgan fingerprint density at radius 1 is 1.53 bits per heavy atom. The van der Waals surface area contributed by atoms with Crippen LogP contribution in [0.3, 0.4) is 0 Å². The summed E-state index contributed by atoms with van der Waals surface area (Å²) in [4.78, 5) is 17.2. The normalized spacial score (nSPS) is 11.6. The molecule has 1 heterocycles. The number of nitrogens with zero attached hydrogens (tertiary/aromatic N) is 1. The van der Waals surface area contributed by atoms with E-state index in [1.165, 1.54) is 11.3 Å². The standard InChI is InChI=1S/C10H18N2O2S/c1-7(2)9-8(15-10(14)11-9)6-12(3)4-5-13/h7,13H,4-6H2,1-3H3,(H,11,14). The van der Waals surface area contributed by atoms with Crippen molar-refractivity contribution in [1.82, 2.24) is 9.88 Å². The van der Waals surface area contributed by atoms with Gasteiger partial charge >= 0.3 is 4.87 Å². The molecule has 0 spiro atoms. The van der Waals surface area contributed by atoms with Gasteiger partial charge in [0.05, 0.1) is 6.61 Å². The molecule has 0 aliphatic heterocycles. The summed E-state index contributed by atoms with van der Waals surface area (Å²) in [6, 6.07) is 0. The minimum Gasteiger partial charge on any atom is -0.395 e. The Kier molecular flexibility index (Phi) is 4.50. The van der Waals surface area contributed by atoms with Gasteiger partial charge in [0.2, 0.25) is 0 Å². The molecule has 0 bridgehead atoms. The van der Waals surface area contributed by atoms with Crippen LogP contribution in [0, 0.1) is 0 Å². The highest BCUT2D eigenvalue weighted by atomic mass is 32.1. The molecule has 0 atom stereocenters. The zero-order valence-electron chi connectivity index (χ0n) is 9.41. The molecule has 0 aromatic carbocycles. The maximum Gasteiger partial charge on any atom is 0.304 e. The van der Waals surface area contributed by atoms with Crippen LogP contribution in [0.5, 0.6) is 0 Å². The molecule has 1 aromatic heterocycles. The predicted molar refractivity (Wildman–Crippen MR) is 62.4 cm³/mol. The summed E-state index contributed by atoms with van der Waals surface area (Å²) in [6.07, 6.45) is 0. The second kappa shape index (κ2) is 5.44. The molecule has 0 amide bonds. The lowest BCUT2D eigenvalue weighted by Crippen LogP contribution is -2.21. The number of nitrogens with one attached hydrogen (secondary N) is 1. The number of aliphatic hydroxyl groups excluding tert-OH is 1. The first-order valence-corrected chi connectivity index (χ1v) is 5.87. The van der Waals surface area contributed by atoms with Crippen molar-refractivity contribution >= 4 is 11.3 Å². The van der Waals surface area contributed by atoms with Gasteiger partial charge < -0.3 is 10.1 Å². The highest BCUT2D eigenvalue weighted by Gasteiger charge is 2.12. The zero-order valence-corrected chi connectivity index (χ0v) is 10.2. The minimum atomic E-state index is 0.00565. The maximum atomic E-state index is 11.2. The monoisotopic (exact) mass is 230 g/mol. The van der Waals surface area contributed by atoms with Gasteiger partial charge in [-0.15, -0.1) is 0 Å². The van der Waals surface area contributed by atoms with E-state index in [-0.39, 0.29) is 11.5 Å². The van der Waals surface area contributed by atoms with E-state index >= 15 is 0 Å². The highest BCUT2D eigenvalue weighted by Crippen LogP contribution is 2.19. The van der Waals surface area contributed by atoms with Crippen LogP contribution in [-0.2, 0) is 6.54 Å². The molecule has 0 radical (unpaired) electrons. The van der Waals surface area contributed by atoms with Crippen molar-refractivity contribution in [2.45, 2.75) is 26.3 Å². The Labute approximate surface area is 93.6 Å². The van der Waals surface area contributed by atoms with E-state index in [2.05, 4.69) is 18.8 Å². The van der Waals surface area contributed by atoms with E-state index < -0.39 is 0 Å². The van der Waals surface area contributed by atoms with E-state index in [0.29, 0.717) is 12.5 Å². The number of aromatic nitrogens is 1. The zero-order chi connectivity index (χ0) is 11.4. The fraction of sp³-hybridized carbons (Fsp3) is 0.700. The van der Waals surface area contributed by atoms with Crippen LogP contribution >= 0.6 is 11.3 Å². The summed E-state index contributed by atoms with van der Waals surface area (Å²) < 4.78 is 0. The molecule has 0 unspecified atom stereocenters. The number of hydrogen-bond donors (Lipinski definition) is 2.